The fourth-order valence-electron chi connectivity index (χ4n) is 11.2. The summed E-state index contributed by atoms with van der Waals surface area (Å²) in [5, 5.41) is 15.1. The van der Waals surface area contributed by atoms with Gasteiger partial charge in [0.2, 0.25) is 0 Å². The standard InChI is InChI=1S/C63H42/c1-63(2)57-27-15-14-22-47(57)53-37-55-56(38-58(53)63)62(45-31-29-40-17-7-9-21-43(40)35-45)54-36-46(32-33-52(54)61(55)44-30-28-39-16-6-8-20-42(39)34-44)60-50-25-12-10-23-48(50)59(41-18-4-3-5-19-41)49-24-11-13-26-51(49)60/h3-38H,1-2H3. The fourth-order valence-corrected chi connectivity index (χ4v) is 11.2. The molecule has 0 saturated carbocycles. The Morgan fingerprint density at radius 2 is 0.651 bits per heavy atom. The van der Waals surface area contributed by atoms with Crippen LogP contribution >= 0.6 is 0 Å². The highest BCUT2D eigenvalue weighted by molar-refractivity contribution is 6.26. The second-order valence-electron chi connectivity index (χ2n) is 18.0. The highest BCUT2D eigenvalue weighted by Crippen LogP contribution is 2.54. The molecule has 63 heavy (non-hydrogen) atoms. The van der Waals surface area contributed by atoms with Crippen molar-refractivity contribution in [3.05, 3.63) is 230 Å². The van der Waals surface area contributed by atoms with Gasteiger partial charge in [0.15, 0.2) is 0 Å². The van der Waals surface area contributed by atoms with Crippen LogP contribution in [0.5, 0.6) is 0 Å². The molecule has 13 rings (SSSR count). The Kier molecular flexibility index (Phi) is 7.75. The Morgan fingerprint density at radius 3 is 1.27 bits per heavy atom. The number of hydrogen-bond donors (Lipinski definition) is 0. The van der Waals surface area contributed by atoms with Crippen molar-refractivity contribution in [1.29, 1.82) is 0 Å². The maximum absolute atomic E-state index is 2.56. The highest BCUT2D eigenvalue weighted by atomic mass is 14.4. The normalized spacial score (nSPS) is 13.0. The molecule has 0 radical (unpaired) electrons. The van der Waals surface area contributed by atoms with Crippen LogP contribution in [-0.4, -0.2) is 0 Å². The third-order valence-electron chi connectivity index (χ3n) is 14.2. The fraction of sp³-hybridized carbons (Fsp3) is 0.0476. The summed E-state index contributed by atoms with van der Waals surface area (Å²) in [6, 6.07) is 82.0. The highest BCUT2D eigenvalue weighted by Gasteiger charge is 2.36. The van der Waals surface area contributed by atoms with Gasteiger partial charge >= 0.3 is 0 Å². The lowest BCUT2D eigenvalue weighted by molar-refractivity contribution is 0.661. The minimum Gasteiger partial charge on any atom is -0.0622 e. The van der Waals surface area contributed by atoms with Crippen LogP contribution in [0.1, 0.15) is 25.0 Å². The Bertz CT molecular complexity index is 3810. The molecule has 12 aromatic rings. The number of fused-ring (bicyclic) bond motifs is 9. The van der Waals surface area contributed by atoms with Gasteiger partial charge in [-0.05, 0) is 162 Å². The van der Waals surface area contributed by atoms with Gasteiger partial charge in [0.25, 0.3) is 0 Å². The minimum atomic E-state index is -0.154. The molecule has 1 aliphatic carbocycles. The second kappa shape index (κ2) is 13.6. The summed E-state index contributed by atoms with van der Waals surface area (Å²) in [5.74, 6) is 0. The van der Waals surface area contributed by atoms with E-state index in [-0.39, 0.29) is 5.41 Å². The summed E-state index contributed by atoms with van der Waals surface area (Å²) in [4.78, 5) is 0. The van der Waals surface area contributed by atoms with Gasteiger partial charge in [-0.25, -0.2) is 0 Å². The van der Waals surface area contributed by atoms with Crippen LogP contribution in [0.2, 0.25) is 0 Å². The Morgan fingerprint density at radius 1 is 0.238 bits per heavy atom. The monoisotopic (exact) mass is 798 g/mol. The van der Waals surface area contributed by atoms with E-state index in [0.717, 1.165) is 0 Å². The molecule has 0 fully saturated rings. The summed E-state index contributed by atoms with van der Waals surface area (Å²) in [6.07, 6.45) is 0. The van der Waals surface area contributed by atoms with Gasteiger partial charge in [-0.3, -0.25) is 0 Å². The molecule has 12 aromatic carbocycles. The van der Waals surface area contributed by atoms with Gasteiger partial charge in [-0.1, -0.05) is 202 Å². The van der Waals surface area contributed by atoms with E-state index in [9.17, 15) is 0 Å². The zero-order chi connectivity index (χ0) is 41.8. The van der Waals surface area contributed by atoms with Crippen LogP contribution in [0.3, 0.4) is 0 Å². The van der Waals surface area contributed by atoms with E-state index in [1.807, 2.05) is 0 Å². The first-order valence-electron chi connectivity index (χ1n) is 22.2. The van der Waals surface area contributed by atoms with Crippen LogP contribution < -0.4 is 0 Å². The third kappa shape index (κ3) is 5.35. The van der Waals surface area contributed by atoms with Crippen LogP contribution in [0, 0.1) is 0 Å². The Balaban J connectivity index is 1.21. The lowest BCUT2D eigenvalue weighted by atomic mass is 9.79. The number of rotatable bonds is 4. The maximum atomic E-state index is 2.56. The van der Waals surface area contributed by atoms with Gasteiger partial charge < -0.3 is 0 Å². The first kappa shape index (κ1) is 35.9. The maximum Gasteiger partial charge on any atom is 0.0159 e. The minimum absolute atomic E-state index is 0.154. The lowest BCUT2D eigenvalue weighted by Crippen LogP contribution is -2.14. The van der Waals surface area contributed by atoms with Crippen molar-refractivity contribution in [2.75, 3.05) is 0 Å². The SMILES string of the molecule is CC1(C)c2ccccc2-c2cc3c(-c4ccc5ccccc5c4)c4ccc(-c5c6ccccc6c(-c6ccccc6)c6ccccc56)cc4c(-c4ccc5ccccc5c4)c3cc21. The molecule has 0 N–H and O–H groups in total. The first-order valence-corrected chi connectivity index (χ1v) is 22.2. The van der Waals surface area contributed by atoms with E-state index < -0.39 is 0 Å². The van der Waals surface area contributed by atoms with E-state index in [1.54, 1.807) is 0 Å². The van der Waals surface area contributed by atoms with Crippen molar-refractivity contribution in [1.82, 2.24) is 0 Å². The van der Waals surface area contributed by atoms with Crippen LogP contribution in [0.4, 0.5) is 0 Å². The molecule has 0 amide bonds. The first-order chi connectivity index (χ1) is 31.0. The molecule has 0 atom stereocenters. The Hall–Kier alpha value is -7.80. The smallest absolute Gasteiger partial charge is 0.0159 e. The Labute approximate surface area is 367 Å². The van der Waals surface area contributed by atoms with E-state index >= 15 is 0 Å². The summed E-state index contributed by atoms with van der Waals surface area (Å²) in [6.45, 7) is 4.80. The largest absolute Gasteiger partial charge is 0.0622 e. The lowest BCUT2D eigenvalue weighted by Gasteiger charge is -2.24. The van der Waals surface area contributed by atoms with Gasteiger partial charge in [0.05, 0.1) is 0 Å². The average Bonchev–Trinajstić information content (AvgIpc) is 3.56. The predicted octanol–water partition coefficient (Wildman–Crippen LogP) is 17.6. The molecule has 0 saturated heterocycles. The molecule has 294 valence electrons. The molecule has 0 aliphatic heterocycles. The summed E-state index contributed by atoms with van der Waals surface area (Å²) in [5.41, 5.74) is 15.3. The molecular weight excluding hydrogens is 757 g/mol. The van der Waals surface area contributed by atoms with Crippen LogP contribution in [0.15, 0.2) is 218 Å². The molecule has 0 heterocycles. The van der Waals surface area contributed by atoms with Crippen molar-refractivity contribution in [3.8, 4) is 55.6 Å². The van der Waals surface area contributed by atoms with Crippen molar-refractivity contribution in [2.24, 2.45) is 0 Å². The van der Waals surface area contributed by atoms with Gasteiger partial charge in [0.1, 0.15) is 0 Å². The second-order valence-corrected chi connectivity index (χ2v) is 18.0. The molecule has 0 spiro atoms. The van der Waals surface area contributed by atoms with E-state index in [0.29, 0.717) is 0 Å². The van der Waals surface area contributed by atoms with E-state index in [4.69, 9.17) is 0 Å². The molecule has 1 aliphatic rings. The van der Waals surface area contributed by atoms with E-state index in [2.05, 4.69) is 232 Å². The summed E-state index contributed by atoms with van der Waals surface area (Å²) >= 11 is 0. The van der Waals surface area contributed by atoms with E-state index in [1.165, 1.54) is 131 Å². The molecule has 0 heteroatoms. The number of hydrogen-bond acceptors (Lipinski definition) is 0. The quantitative estimate of drug-likeness (QED) is 0.156. The molecular formula is C63H42. The zero-order valence-corrected chi connectivity index (χ0v) is 35.3. The average molecular weight is 799 g/mol. The van der Waals surface area contributed by atoms with Crippen molar-refractivity contribution >= 4 is 64.6 Å². The zero-order valence-electron chi connectivity index (χ0n) is 35.3. The topological polar surface area (TPSA) is 0 Å². The summed E-state index contributed by atoms with van der Waals surface area (Å²) in [7, 11) is 0. The van der Waals surface area contributed by atoms with Crippen LogP contribution in [0.25, 0.3) is 120 Å². The third-order valence-corrected chi connectivity index (χ3v) is 14.2. The summed E-state index contributed by atoms with van der Waals surface area (Å²) < 4.78 is 0. The molecule has 0 bridgehead atoms. The molecule has 0 nitrogen and oxygen atoms in total. The van der Waals surface area contributed by atoms with Gasteiger partial charge in [-0.15, -0.1) is 0 Å². The van der Waals surface area contributed by atoms with Gasteiger partial charge in [0, 0.05) is 5.41 Å². The number of benzene rings is 12. The van der Waals surface area contributed by atoms with Crippen LogP contribution in [-0.2, 0) is 5.41 Å². The molecule has 0 unspecified atom stereocenters. The van der Waals surface area contributed by atoms with Crippen molar-refractivity contribution in [2.45, 2.75) is 19.3 Å². The molecule has 0 aromatic heterocycles. The van der Waals surface area contributed by atoms with Gasteiger partial charge in [-0.2, -0.15) is 0 Å². The van der Waals surface area contributed by atoms with Crippen molar-refractivity contribution < 1.29 is 0 Å². The van der Waals surface area contributed by atoms with Crippen molar-refractivity contribution in [3.63, 3.8) is 0 Å². The predicted molar refractivity (Wildman–Crippen MR) is 271 cm³/mol.